The Hall–Kier alpha value is -3.40. The van der Waals surface area contributed by atoms with E-state index < -0.39 is 79.3 Å². The standard InChI is InChI=1S/C23H21F9N4O6S3/c24-21(25,26)43(37,38)35-17-9-3-1-7-15(17)13-33-18-10-4-5-11-19(18)34-14-16-8-2-6-12-20(16)36(44(39,40)22(27,28)29)45(41,42)23(30,31)32/h1-3,6-9,12-14,18-19,35H,4-5,10-11H2/t18-,19-/m1/s1. The van der Waals surface area contributed by atoms with Crippen LogP contribution in [0.1, 0.15) is 36.8 Å². The van der Waals surface area contributed by atoms with Crippen LogP contribution in [-0.2, 0) is 30.1 Å². The quantitative estimate of drug-likeness (QED) is 0.276. The van der Waals surface area contributed by atoms with Crippen molar-refractivity contribution in [1.29, 1.82) is 0 Å². The Kier molecular flexibility index (Phi) is 10.2. The number of nitrogens with one attached hydrogen (secondary N) is 1. The van der Waals surface area contributed by atoms with Gasteiger partial charge in [-0.25, -0.2) is 0 Å². The van der Waals surface area contributed by atoms with Crippen LogP contribution in [0.5, 0.6) is 0 Å². The summed E-state index contributed by atoms with van der Waals surface area (Å²) in [6.45, 7) is 0. The lowest BCUT2D eigenvalue weighted by Crippen LogP contribution is -2.49. The molecule has 0 aromatic heterocycles. The smallest absolute Gasteiger partial charge is 0.287 e. The number of aliphatic imine (C=N–C) groups is 2. The van der Waals surface area contributed by atoms with Gasteiger partial charge < -0.3 is 0 Å². The molecule has 0 bridgehead atoms. The molecule has 0 radical (unpaired) electrons. The largest absolute Gasteiger partial charge is 0.517 e. The van der Waals surface area contributed by atoms with Crippen molar-refractivity contribution in [2.45, 2.75) is 54.3 Å². The lowest BCUT2D eigenvalue weighted by molar-refractivity contribution is -0.0464. The van der Waals surface area contributed by atoms with E-state index in [0.29, 0.717) is 25.1 Å². The van der Waals surface area contributed by atoms with E-state index in [2.05, 4.69) is 9.98 Å². The minimum Gasteiger partial charge on any atom is -0.287 e. The number of rotatable bonds is 9. The fourth-order valence-corrected chi connectivity index (χ4v) is 7.39. The number of halogens is 9. The molecule has 2 aromatic carbocycles. The van der Waals surface area contributed by atoms with E-state index in [1.807, 2.05) is 0 Å². The van der Waals surface area contributed by atoms with Gasteiger partial charge in [-0.3, -0.25) is 14.7 Å². The SMILES string of the molecule is O=S(=O)(Nc1ccccc1C=N[C@@H]1CCCC[C@H]1N=Cc1ccccc1N(S(=O)(=O)C(F)(F)F)S(=O)(=O)C(F)(F)F)C(F)(F)F. The Morgan fingerprint density at radius 2 is 1.07 bits per heavy atom. The van der Waals surface area contributed by atoms with Crippen LogP contribution in [0.4, 0.5) is 50.9 Å². The second-order valence-corrected chi connectivity index (χ2v) is 14.7. The van der Waals surface area contributed by atoms with Crippen LogP contribution < -0.4 is 8.43 Å². The molecule has 1 N–H and O–H groups in total. The van der Waals surface area contributed by atoms with Gasteiger partial charge in [0.15, 0.2) is 0 Å². The normalized spacial score (nSPS) is 19.2. The topological polar surface area (TPSA) is 142 Å². The number of hydrogen-bond acceptors (Lipinski definition) is 8. The maximum absolute atomic E-state index is 13.3. The minimum atomic E-state index is -7.15. The molecule has 0 spiro atoms. The molecule has 0 aliphatic heterocycles. The van der Waals surface area contributed by atoms with Gasteiger partial charge in [-0.1, -0.05) is 49.2 Å². The first-order valence-electron chi connectivity index (χ1n) is 12.3. The third-order valence-electron chi connectivity index (χ3n) is 6.17. The summed E-state index contributed by atoms with van der Waals surface area (Å²) in [6.07, 6.45) is 3.31. The third kappa shape index (κ3) is 7.88. The van der Waals surface area contributed by atoms with Gasteiger partial charge in [0.25, 0.3) is 0 Å². The van der Waals surface area contributed by atoms with E-state index in [-0.39, 0.29) is 18.4 Å². The van der Waals surface area contributed by atoms with Crippen LogP contribution in [0.15, 0.2) is 58.5 Å². The first-order chi connectivity index (χ1) is 20.5. The summed E-state index contributed by atoms with van der Waals surface area (Å²) >= 11 is 0. The molecule has 1 aliphatic carbocycles. The van der Waals surface area contributed by atoms with Crippen molar-refractivity contribution in [2.75, 3.05) is 8.43 Å². The van der Waals surface area contributed by atoms with Crippen molar-refractivity contribution >= 4 is 53.9 Å². The average molecular weight is 717 g/mol. The summed E-state index contributed by atoms with van der Waals surface area (Å²) in [7, 11) is -20.1. The maximum Gasteiger partial charge on any atom is 0.517 e. The molecule has 2 aromatic rings. The maximum atomic E-state index is 13.3. The molecule has 0 unspecified atom stereocenters. The van der Waals surface area contributed by atoms with Crippen molar-refractivity contribution in [3.63, 3.8) is 0 Å². The fraction of sp³-hybridized carbons (Fsp3) is 0.391. The number of hydrogen-bond donors (Lipinski definition) is 1. The third-order valence-corrected chi connectivity index (χ3v) is 10.9. The number of sulfonamides is 3. The summed E-state index contributed by atoms with van der Waals surface area (Å²) in [6, 6.07) is 6.34. The second kappa shape index (κ2) is 12.8. The molecule has 0 saturated heterocycles. The molecule has 10 nitrogen and oxygen atoms in total. The number of nitrogens with zero attached hydrogens (tertiary/aromatic N) is 3. The minimum absolute atomic E-state index is 0.0886. The fourth-order valence-electron chi connectivity index (χ4n) is 4.04. The lowest BCUT2D eigenvalue weighted by Gasteiger charge is -2.27. The predicted octanol–water partition coefficient (Wildman–Crippen LogP) is 5.30. The van der Waals surface area contributed by atoms with Crippen LogP contribution in [0.2, 0.25) is 0 Å². The highest BCUT2D eigenvalue weighted by Crippen LogP contribution is 2.40. The molecular formula is C23H21F9N4O6S3. The van der Waals surface area contributed by atoms with Crippen LogP contribution in [0.25, 0.3) is 0 Å². The van der Waals surface area contributed by atoms with Crippen molar-refractivity contribution in [3.8, 4) is 0 Å². The molecule has 250 valence electrons. The number of para-hydroxylation sites is 2. The van der Waals surface area contributed by atoms with Gasteiger partial charge in [-0.05, 0) is 25.0 Å². The number of benzene rings is 2. The molecule has 1 saturated carbocycles. The molecule has 1 fully saturated rings. The zero-order valence-corrected chi connectivity index (χ0v) is 24.6. The Labute approximate surface area is 250 Å². The predicted molar refractivity (Wildman–Crippen MR) is 145 cm³/mol. The molecule has 45 heavy (non-hydrogen) atoms. The number of anilines is 2. The molecule has 0 amide bonds. The Bertz CT molecular complexity index is 1730. The second-order valence-electron chi connectivity index (χ2n) is 9.27. The molecule has 3 rings (SSSR count). The van der Waals surface area contributed by atoms with Crippen LogP contribution in [0, 0.1) is 0 Å². The van der Waals surface area contributed by atoms with Gasteiger partial charge in [0.1, 0.15) is 0 Å². The van der Waals surface area contributed by atoms with E-state index in [1.54, 1.807) is 0 Å². The Morgan fingerprint density at radius 1 is 0.644 bits per heavy atom. The molecule has 2 atom stereocenters. The van der Waals surface area contributed by atoms with Crippen molar-refractivity contribution < 1.29 is 64.8 Å². The summed E-state index contributed by atoms with van der Waals surface area (Å²) in [4.78, 5) is 8.36. The monoisotopic (exact) mass is 716 g/mol. The van der Waals surface area contributed by atoms with Gasteiger partial charge in [-0.2, -0.15) is 64.8 Å². The Balaban J connectivity index is 2.01. The first-order valence-corrected chi connectivity index (χ1v) is 16.6. The van der Waals surface area contributed by atoms with Gasteiger partial charge in [0.05, 0.1) is 23.5 Å². The summed E-state index contributed by atoms with van der Waals surface area (Å²) < 4.78 is 190. The zero-order valence-electron chi connectivity index (χ0n) is 22.2. The van der Waals surface area contributed by atoms with Crippen molar-refractivity contribution in [3.05, 3.63) is 59.7 Å². The van der Waals surface area contributed by atoms with Crippen LogP contribution in [-0.4, -0.2) is 66.3 Å². The average Bonchev–Trinajstić information content (AvgIpc) is 2.90. The summed E-state index contributed by atoms with van der Waals surface area (Å²) in [5.74, 6) is 0. The highest BCUT2D eigenvalue weighted by Gasteiger charge is 2.62. The highest BCUT2D eigenvalue weighted by molar-refractivity contribution is 8.11. The number of alkyl halides is 9. The zero-order chi connectivity index (χ0) is 34.1. The first kappa shape index (κ1) is 36.1. The van der Waals surface area contributed by atoms with Gasteiger partial charge in [0.2, 0.25) is 0 Å². The van der Waals surface area contributed by atoms with Gasteiger partial charge in [-0.15, -0.1) is 3.71 Å². The molecule has 1 aliphatic rings. The van der Waals surface area contributed by atoms with E-state index in [9.17, 15) is 64.8 Å². The molecule has 22 heteroatoms. The summed E-state index contributed by atoms with van der Waals surface area (Å²) in [5, 5.41) is 0. The van der Waals surface area contributed by atoms with Gasteiger partial charge in [0, 0.05) is 23.6 Å². The highest BCUT2D eigenvalue weighted by atomic mass is 32.3. The Morgan fingerprint density at radius 3 is 1.53 bits per heavy atom. The van der Waals surface area contributed by atoms with E-state index in [0.717, 1.165) is 30.5 Å². The van der Waals surface area contributed by atoms with E-state index >= 15 is 0 Å². The molecule has 0 heterocycles. The van der Waals surface area contributed by atoms with Crippen molar-refractivity contribution in [1.82, 2.24) is 0 Å². The van der Waals surface area contributed by atoms with Crippen LogP contribution in [0.3, 0.4) is 0 Å². The van der Waals surface area contributed by atoms with Crippen LogP contribution >= 0.6 is 0 Å². The van der Waals surface area contributed by atoms with E-state index in [1.165, 1.54) is 22.9 Å². The van der Waals surface area contributed by atoms with Crippen molar-refractivity contribution in [2.24, 2.45) is 9.98 Å². The van der Waals surface area contributed by atoms with Gasteiger partial charge >= 0.3 is 46.6 Å². The molecular weight excluding hydrogens is 695 g/mol. The van der Waals surface area contributed by atoms with E-state index in [4.69, 9.17) is 0 Å². The summed E-state index contributed by atoms with van der Waals surface area (Å²) in [5.41, 5.74) is -21.4. The lowest BCUT2D eigenvalue weighted by atomic mass is 9.91.